The average Bonchev–Trinajstić information content (AvgIpc) is 2.49. The van der Waals surface area contributed by atoms with Gasteiger partial charge in [0.05, 0.1) is 0 Å². The van der Waals surface area contributed by atoms with Crippen LogP contribution in [0.25, 0.3) is 0 Å². The number of nitrogens with one attached hydrogen (secondary N) is 1. The molecule has 2 aromatic rings. The first-order chi connectivity index (χ1) is 10.2. The molecule has 1 aromatic carbocycles. The van der Waals surface area contributed by atoms with E-state index < -0.39 is 0 Å². The average molecular weight is 301 g/mol. The van der Waals surface area contributed by atoms with E-state index in [0.717, 1.165) is 30.2 Å². The summed E-state index contributed by atoms with van der Waals surface area (Å²) in [5, 5.41) is 4.45. The first-order valence-corrected chi connectivity index (χ1v) is 8.30. The van der Waals surface area contributed by atoms with Gasteiger partial charge in [0.25, 0.3) is 0 Å². The molecule has 0 radical (unpaired) electrons. The molecule has 0 amide bonds. The third-order valence-corrected chi connectivity index (χ3v) is 4.53. The minimum Gasteiger partial charge on any atom is -0.370 e. The largest absolute Gasteiger partial charge is 0.370 e. The van der Waals surface area contributed by atoms with Crippen molar-refractivity contribution in [2.24, 2.45) is 0 Å². The number of hydrogen-bond acceptors (Lipinski definition) is 4. The molecule has 2 rings (SSSR count). The molecule has 0 saturated carbocycles. The number of rotatable bonds is 6. The zero-order valence-electron chi connectivity index (χ0n) is 13.2. The molecule has 1 heterocycles. The van der Waals surface area contributed by atoms with E-state index in [1.165, 1.54) is 21.6 Å². The smallest absolute Gasteiger partial charge is 0.133 e. The third-order valence-electron chi connectivity index (χ3n) is 3.49. The second kappa shape index (κ2) is 7.46. The van der Waals surface area contributed by atoms with Crippen LogP contribution >= 0.6 is 11.8 Å². The predicted octanol–water partition coefficient (Wildman–Crippen LogP) is 4.63. The zero-order chi connectivity index (χ0) is 15.2. The lowest BCUT2D eigenvalue weighted by Gasteiger charge is -2.13. The Morgan fingerprint density at radius 3 is 2.57 bits per heavy atom. The van der Waals surface area contributed by atoms with Crippen LogP contribution in [0.3, 0.4) is 0 Å². The summed E-state index contributed by atoms with van der Waals surface area (Å²) in [6.07, 6.45) is 3.67. The molecule has 1 N–H and O–H groups in total. The predicted molar refractivity (Wildman–Crippen MR) is 90.2 cm³/mol. The molecular formula is C17H23N3S. The summed E-state index contributed by atoms with van der Waals surface area (Å²) >= 11 is 1.72. The number of anilines is 1. The summed E-state index contributed by atoms with van der Waals surface area (Å²) in [6.45, 7) is 9.54. The van der Waals surface area contributed by atoms with Gasteiger partial charge in [0.1, 0.15) is 17.2 Å². The van der Waals surface area contributed by atoms with E-state index in [0.29, 0.717) is 0 Å². The molecular weight excluding hydrogens is 278 g/mol. The molecule has 0 unspecified atom stereocenters. The summed E-state index contributed by atoms with van der Waals surface area (Å²) in [6, 6.07) is 6.55. The van der Waals surface area contributed by atoms with Crippen molar-refractivity contribution in [3.05, 3.63) is 41.2 Å². The van der Waals surface area contributed by atoms with Gasteiger partial charge in [-0.1, -0.05) is 31.7 Å². The second-order valence-corrected chi connectivity index (χ2v) is 6.20. The highest BCUT2D eigenvalue weighted by Crippen LogP contribution is 2.32. The molecule has 0 aliphatic heterocycles. The highest BCUT2D eigenvalue weighted by atomic mass is 32.2. The van der Waals surface area contributed by atoms with Gasteiger partial charge in [-0.3, -0.25) is 0 Å². The fraction of sp³-hybridized carbons (Fsp3) is 0.412. The lowest BCUT2D eigenvalue weighted by Crippen LogP contribution is -2.06. The number of aryl methyl sites for hydroxylation is 2. The SMILES string of the molecule is CCCNc1ncnc(Sc2ccc(C)c(C)c2)c1CC. The van der Waals surface area contributed by atoms with Crippen LogP contribution in [0.1, 0.15) is 37.0 Å². The molecule has 0 spiro atoms. The van der Waals surface area contributed by atoms with Gasteiger partial charge in [0.2, 0.25) is 0 Å². The van der Waals surface area contributed by atoms with Gasteiger partial charge in [-0.15, -0.1) is 0 Å². The van der Waals surface area contributed by atoms with Crippen molar-refractivity contribution in [1.82, 2.24) is 9.97 Å². The van der Waals surface area contributed by atoms with Crippen molar-refractivity contribution in [2.75, 3.05) is 11.9 Å². The Kier molecular flexibility index (Phi) is 5.62. The molecule has 0 atom stereocenters. The van der Waals surface area contributed by atoms with Gasteiger partial charge in [0, 0.05) is 17.0 Å². The molecule has 0 bridgehead atoms. The first-order valence-electron chi connectivity index (χ1n) is 7.48. The van der Waals surface area contributed by atoms with Crippen LogP contribution in [0.4, 0.5) is 5.82 Å². The Hall–Kier alpha value is -1.55. The Balaban J connectivity index is 2.28. The van der Waals surface area contributed by atoms with Gasteiger partial charge in [-0.2, -0.15) is 0 Å². The third kappa shape index (κ3) is 3.97. The molecule has 0 aliphatic carbocycles. The quantitative estimate of drug-likeness (QED) is 0.789. The molecule has 0 fully saturated rings. The van der Waals surface area contributed by atoms with Gasteiger partial charge in [-0.05, 0) is 49.9 Å². The van der Waals surface area contributed by atoms with Gasteiger partial charge in [0.15, 0.2) is 0 Å². The molecule has 3 nitrogen and oxygen atoms in total. The van der Waals surface area contributed by atoms with Crippen LogP contribution in [0.15, 0.2) is 34.4 Å². The van der Waals surface area contributed by atoms with E-state index in [-0.39, 0.29) is 0 Å². The fourth-order valence-corrected chi connectivity index (χ4v) is 3.15. The Bertz CT molecular complexity index is 611. The second-order valence-electron chi connectivity index (χ2n) is 5.13. The standard InChI is InChI=1S/C17H23N3S/c1-5-9-18-16-15(6-2)17(20-11-19-16)21-14-8-7-12(3)13(4)10-14/h7-8,10-11H,5-6,9H2,1-4H3,(H,18,19,20). The number of aromatic nitrogens is 2. The maximum Gasteiger partial charge on any atom is 0.133 e. The molecule has 0 aliphatic rings. The molecule has 0 saturated heterocycles. The molecule has 21 heavy (non-hydrogen) atoms. The van der Waals surface area contributed by atoms with E-state index in [1.54, 1.807) is 18.1 Å². The summed E-state index contributed by atoms with van der Waals surface area (Å²) < 4.78 is 0. The Morgan fingerprint density at radius 1 is 1.10 bits per heavy atom. The van der Waals surface area contributed by atoms with Crippen molar-refractivity contribution in [2.45, 2.75) is 50.5 Å². The highest BCUT2D eigenvalue weighted by Gasteiger charge is 2.11. The van der Waals surface area contributed by atoms with E-state index in [2.05, 4.69) is 61.2 Å². The van der Waals surface area contributed by atoms with Crippen LogP contribution in [-0.4, -0.2) is 16.5 Å². The summed E-state index contributed by atoms with van der Waals surface area (Å²) in [5.41, 5.74) is 3.84. The monoisotopic (exact) mass is 301 g/mol. The Labute approximate surface area is 131 Å². The normalized spacial score (nSPS) is 10.7. The van der Waals surface area contributed by atoms with Crippen molar-refractivity contribution in [3.8, 4) is 0 Å². The lowest BCUT2D eigenvalue weighted by molar-refractivity contribution is 0.911. The fourth-order valence-electron chi connectivity index (χ4n) is 2.09. The molecule has 4 heteroatoms. The number of nitrogens with zero attached hydrogens (tertiary/aromatic N) is 2. The Morgan fingerprint density at radius 2 is 1.90 bits per heavy atom. The van der Waals surface area contributed by atoms with E-state index >= 15 is 0 Å². The number of benzene rings is 1. The minimum atomic E-state index is 0.931. The molecule has 1 aromatic heterocycles. The van der Waals surface area contributed by atoms with Crippen molar-refractivity contribution in [1.29, 1.82) is 0 Å². The summed E-state index contributed by atoms with van der Waals surface area (Å²) in [7, 11) is 0. The lowest BCUT2D eigenvalue weighted by atomic mass is 10.1. The maximum absolute atomic E-state index is 4.48. The van der Waals surface area contributed by atoms with Gasteiger partial charge < -0.3 is 5.32 Å². The summed E-state index contributed by atoms with van der Waals surface area (Å²) in [5.74, 6) is 0.973. The van der Waals surface area contributed by atoms with Crippen LogP contribution < -0.4 is 5.32 Å². The maximum atomic E-state index is 4.48. The topological polar surface area (TPSA) is 37.8 Å². The van der Waals surface area contributed by atoms with Crippen molar-refractivity contribution in [3.63, 3.8) is 0 Å². The zero-order valence-corrected chi connectivity index (χ0v) is 14.0. The van der Waals surface area contributed by atoms with Crippen LogP contribution in [0.5, 0.6) is 0 Å². The van der Waals surface area contributed by atoms with E-state index in [4.69, 9.17) is 0 Å². The van der Waals surface area contributed by atoms with Gasteiger partial charge in [-0.25, -0.2) is 9.97 Å². The molecule has 112 valence electrons. The first kappa shape index (κ1) is 15.8. The van der Waals surface area contributed by atoms with Crippen LogP contribution in [0, 0.1) is 13.8 Å². The van der Waals surface area contributed by atoms with Crippen molar-refractivity contribution >= 4 is 17.6 Å². The van der Waals surface area contributed by atoms with Gasteiger partial charge >= 0.3 is 0 Å². The summed E-state index contributed by atoms with van der Waals surface area (Å²) in [4.78, 5) is 10.1. The van der Waals surface area contributed by atoms with Crippen LogP contribution in [-0.2, 0) is 6.42 Å². The van der Waals surface area contributed by atoms with Crippen LogP contribution in [0.2, 0.25) is 0 Å². The van der Waals surface area contributed by atoms with E-state index in [1.807, 2.05) is 0 Å². The number of hydrogen-bond donors (Lipinski definition) is 1. The highest BCUT2D eigenvalue weighted by molar-refractivity contribution is 7.99. The van der Waals surface area contributed by atoms with Crippen molar-refractivity contribution < 1.29 is 0 Å². The van der Waals surface area contributed by atoms with E-state index in [9.17, 15) is 0 Å². The minimum absolute atomic E-state index is 0.931.